The predicted molar refractivity (Wildman–Crippen MR) is 87.1 cm³/mol. The van der Waals surface area contributed by atoms with Crippen molar-refractivity contribution in [3.63, 3.8) is 0 Å². The molecule has 6 nitrogen and oxygen atoms in total. The predicted octanol–water partition coefficient (Wildman–Crippen LogP) is 1.86. The van der Waals surface area contributed by atoms with E-state index in [1.807, 2.05) is 0 Å². The van der Waals surface area contributed by atoms with Crippen molar-refractivity contribution >= 4 is 16.9 Å². The zero-order valence-corrected chi connectivity index (χ0v) is 13.2. The quantitative estimate of drug-likeness (QED) is 0.910. The van der Waals surface area contributed by atoms with E-state index < -0.39 is 0 Å². The summed E-state index contributed by atoms with van der Waals surface area (Å²) in [5.41, 5.74) is 0.206. The summed E-state index contributed by atoms with van der Waals surface area (Å²) in [6.45, 7) is 1.24. The van der Waals surface area contributed by atoms with Crippen molar-refractivity contribution in [1.82, 2.24) is 5.32 Å². The number of rotatable bonds is 2. The van der Waals surface area contributed by atoms with E-state index in [4.69, 9.17) is 13.9 Å². The van der Waals surface area contributed by atoms with Crippen LogP contribution in [0.1, 0.15) is 29.8 Å². The van der Waals surface area contributed by atoms with Crippen molar-refractivity contribution < 1.29 is 18.7 Å². The van der Waals surface area contributed by atoms with Gasteiger partial charge in [0.05, 0.1) is 30.8 Å². The average molecular weight is 329 g/mol. The normalized spacial score (nSPS) is 26.8. The van der Waals surface area contributed by atoms with Gasteiger partial charge in [-0.2, -0.15) is 0 Å². The van der Waals surface area contributed by atoms with Crippen molar-refractivity contribution in [3.8, 4) is 0 Å². The minimum absolute atomic E-state index is 0.00257. The third-order valence-corrected chi connectivity index (χ3v) is 4.67. The lowest BCUT2D eigenvalue weighted by Gasteiger charge is -2.38. The van der Waals surface area contributed by atoms with Crippen molar-refractivity contribution in [3.05, 3.63) is 46.3 Å². The standard InChI is InChI=1S/C18H19NO5/c20-13-10-17(24-14-4-2-1-3-12(13)14)18(21)19-11-5-6-15-16(9-11)23-8-7-22-15/h1-4,10-11,15-16H,5-9H2,(H,19,21). The molecule has 1 aliphatic carbocycles. The number of carbonyl (C=O) groups is 1. The third kappa shape index (κ3) is 2.95. The Morgan fingerprint density at radius 2 is 1.88 bits per heavy atom. The van der Waals surface area contributed by atoms with Crippen LogP contribution in [-0.4, -0.2) is 37.4 Å². The SMILES string of the molecule is O=C(NC1CCC2OCCOC2C1)c1cc(=O)c2ccccc2o1. The molecule has 1 aromatic heterocycles. The zero-order chi connectivity index (χ0) is 16.5. The monoisotopic (exact) mass is 329 g/mol. The number of carbonyl (C=O) groups excluding carboxylic acids is 1. The van der Waals surface area contributed by atoms with Crippen molar-refractivity contribution in [1.29, 1.82) is 0 Å². The van der Waals surface area contributed by atoms with E-state index in [0.717, 1.165) is 12.8 Å². The average Bonchev–Trinajstić information content (AvgIpc) is 2.61. The second kappa shape index (κ2) is 6.37. The minimum Gasteiger partial charge on any atom is -0.451 e. The maximum Gasteiger partial charge on any atom is 0.287 e. The van der Waals surface area contributed by atoms with Gasteiger partial charge in [-0.25, -0.2) is 0 Å². The highest BCUT2D eigenvalue weighted by Gasteiger charge is 2.35. The lowest BCUT2D eigenvalue weighted by Crippen LogP contribution is -2.49. The largest absolute Gasteiger partial charge is 0.451 e. The molecule has 3 atom stereocenters. The number of amides is 1. The number of hydrogen-bond acceptors (Lipinski definition) is 5. The van der Waals surface area contributed by atoms with Crippen molar-refractivity contribution in [2.24, 2.45) is 0 Å². The molecule has 0 spiro atoms. The summed E-state index contributed by atoms with van der Waals surface area (Å²) in [5, 5.41) is 3.43. The Labute approximate surface area is 138 Å². The molecular weight excluding hydrogens is 310 g/mol. The first kappa shape index (κ1) is 15.4. The molecule has 0 radical (unpaired) electrons. The Morgan fingerprint density at radius 1 is 1.08 bits per heavy atom. The van der Waals surface area contributed by atoms with Gasteiger partial charge in [-0.05, 0) is 31.4 Å². The van der Waals surface area contributed by atoms with Crippen molar-refractivity contribution in [2.75, 3.05) is 13.2 Å². The molecule has 2 heterocycles. The van der Waals surface area contributed by atoms with Gasteiger partial charge in [-0.15, -0.1) is 0 Å². The second-order valence-corrected chi connectivity index (χ2v) is 6.27. The van der Waals surface area contributed by atoms with E-state index in [2.05, 4.69) is 5.32 Å². The van der Waals surface area contributed by atoms with E-state index in [9.17, 15) is 9.59 Å². The Kier molecular flexibility index (Phi) is 4.08. The van der Waals surface area contributed by atoms with Gasteiger partial charge in [0.2, 0.25) is 0 Å². The molecule has 3 unspecified atom stereocenters. The van der Waals surface area contributed by atoms with E-state index >= 15 is 0 Å². The van der Waals surface area contributed by atoms with Crippen LogP contribution in [0.5, 0.6) is 0 Å². The molecule has 0 bridgehead atoms. The summed E-state index contributed by atoms with van der Waals surface area (Å²) in [4.78, 5) is 24.6. The molecule has 2 aliphatic rings. The molecule has 2 fully saturated rings. The molecule has 2 aromatic rings. The Hall–Kier alpha value is -2.18. The second-order valence-electron chi connectivity index (χ2n) is 6.27. The van der Waals surface area contributed by atoms with Crippen LogP contribution < -0.4 is 10.7 Å². The fourth-order valence-corrected chi connectivity index (χ4v) is 3.47. The number of para-hydroxylation sites is 1. The number of hydrogen-bond donors (Lipinski definition) is 1. The Bertz CT molecular complexity index is 814. The molecule has 126 valence electrons. The van der Waals surface area contributed by atoms with Crippen LogP contribution >= 0.6 is 0 Å². The topological polar surface area (TPSA) is 77.8 Å². The van der Waals surface area contributed by atoms with Gasteiger partial charge < -0.3 is 19.2 Å². The smallest absolute Gasteiger partial charge is 0.287 e. The van der Waals surface area contributed by atoms with Gasteiger partial charge >= 0.3 is 0 Å². The van der Waals surface area contributed by atoms with Crippen LogP contribution in [0, 0.1) is 0 Å². The number of benzene rings is 1. The molecule has 24 heavy (non-hydrogen) atoms. The van der Waals surface area contributed by atoms with Crippen LogP contribution in [-0.2, 0) is 9.47 Å². The first-order valence-corrected chi connectivity index (χ1v) is 8.27. The lowest BCUT2D eigenvalue weighted by atomic mass is 9.89. The fourth-order valence-electron chi connectivity index (χ4n) is 3.47. The molecule has 1 aliphatic heterocycles. The zero-order valence-electron chi connectivity index (χ0n) is 13.2. The molecule has 1 saturated heterocycles. The molecule has 1 saturated carbocycles. The van der Waals surface area contributed by atoms with E-state index in [0.29, 0.717) is 30.6 Å². The first-order chi connectivity index (χ1) is 11.7. The molecule has 6 heteroatoms. The molecule has 1 N–H and O–H groups in total. The van der Waals surface area contributed by atoms with Gasteiger partial charge in [-0.1, -0.05) is 12.1 Å². The minimum atomic E-state index is -0.363. The molecule has 4 rings (SSSR count). The summed E-state index contributed by atoms with van der Waals surface area (Å²) < 4.78 is 17.0. The highest BCUT2D eigenvalue weighted by molar-refractivity contribution is 5.93. The highest BCUT2D eigenvalue weighted by atomic mass is 16.6. The maximum absolute atomic E-state index is 12.5. The summed E-state index contributed by atoms with van der Waals surface area (Å²) in [5.74, 6) is -0.320. The third-order valence-electron chi connectivity index (χ3n) is 4.67. The van der Waals surface area contributed by atoms with Crippen LogP contribution in [0.3, 0.4) is 0 Å². The fraction of sp³-hybridized carbons (Fsp3) is 0.444. The molecular formula is C18H19NO5. The van der Waals surface area contributed by atoms with Crippen LogP contribution in [0.25, 0.3) is 11.0 Å². The van der Waals surface area contributed by atoms with Gasteiger partial charge in [0.25, 0.3) is 5.91 Å². The van der Waals surface area contributed by atoms with Gasteiger partial charge in [-0.3, -0.25) is 9.59 Å². The van der Waals surface area contributed by atoms with E-state index in [1.54, 1.807) is 24.3 Å². The molecule has 1 aromatic carbocycles. The number of nitrogens with one attached hydrogen (secondary N) is 1. The lowest BCUT2D eigenvalue weighted by molar-refractivity contribution is -0.157. The van der Waals surface area contributed by atoms with Crippen LogP contribution in [0.15, 0.2) is 39.5 Å². The first-order valence-electron chi connectivity index (χ1n) is 8.27. The van der Waals surface area contributed by atoms with Crippen molar-refractivity contribution in [2.45, 2.75) is 37.5 Å². The summed E-state index contributed by atoms with van der Waals surface area (Å²) >= 11 is 0. The maximum atomic E-state index is 12.5. The molecule has 1 amide bonds. The summed E-state index contributed by atoms with van der Waals surface area (Å²) in [6, 6.07) is 8.16. The van der Waals surface area contributed by atoms with Gasteiger partial charge in [0.15, 0.2) is 11.2 Å². The number of ether oxygens (including phenoxy) is 2. The highest BCUT2D eigenvalue weighted by Crippen LogP contribution is 2.27. The van der Waals surface area contributed by atoms with Crippen LogP contribution in [0.2, 0.25) is 0 Å². The van der Waals surface area contributed by atoms with Crippen LogP contribution in [0.4, 0.5) is 0 Å². The van der Waals surface area contributed by atoms with E-state index in [-0.39, 0.29) is 35.3 Å². The summed E-state index contributed by atoms with van der Waals surface area (Å²) in [7, 11) is 0. The number of fused-ring (bicyclic) bond motifs is 2. The van der Waals surface area contributed by atoms with Gasteiger partial charge in [0, 0.05) is 12.1 Å². The Morgan fingerprint density at radius 3 is 2.75 bits per heavy atom. The van der Waals surface area contributed by atoms with E-state index in [1.165, 1.54) is 6.07 Å². The summed E-state index contributed by atoms with van der Waals surface area (Å²) in [6.07, 6.45) is 2.56. The van der Waals surface area contributed by atoms with Gasteiger partial charge in [0.1, 0.15) is 5.58 Å². The Balaban J connectivity index is 1.49.